The van der Waals surface area contributed by atoms with E-state index < -0.39 is 0 Å². The normalized spacial score (nSPS) is 16.2. The van der Waals surface area contributed by atoms with Gasteiger partial charge in [-0.05, 0) is 24.0 Å². The largest absolute Gasteiger partial charge is 0.341 e. The summed E-state index contributed by atoms with van der Waals surface area (Å²) in [6.07, 6.45) is 5.65. The molecule has 1 fully saturated rings. The van der Waals surface area contributed by atoms with E-state index in [2.05, 4.69) is 58.6 Å². The summed E-state index contributed by atoms with van der Waals surface area (Å²) in [6.45, 7) is 2.10. The second kappa shape index (κ2) is 7.74. The lowest BCUT2D eigenvalue weighted by Gasteiger charge is -2.44. The van der Waals surface area contributed by atoms with Crippen LogP contribution in [0.1, 0.15) is 30.4 Å². The summed E-state index contributed by atoms with van der Waals surface area (Å²) < 4.78 is 1.71. The molecule has 27 heavy (non-hydrogen) atoms. The third kappa shape index (κ3) is 3.63. The molecule has 138 valence electrons. The van der Waals surface area contributed by atoms with Crippen LogP contribution in [0.4, 0.5) is 0 Å². The fourth-order valence-corrected chi connectivity index (χ4v) is 4.14. The SMILES string of the molecule is O=C(CCn1cncn1)N1CCCC(c2ccccc2)(c2ccccc2)C1. The molecule has 1 aromatic heterocycles. The first-order valence-electron chi connectivity index (χ1n) is 9.49. The molecule has 1 amide bonds. The van der Waals surface area contributed by atoms with Crippen molar-refractivity contribution in [2.24, 2.45) is 0 Å². The summed E-state index contributed by atoms with van der Waals surface area (Å²) in [6, 6.07) is 21.2. The van der Waals surface area contributed by atoms with Gasteiger partial charge in [-0.3, -0.25) is 9.48 Å². The summed E-state index contributed by atoms with van der Waals surface area (Å²) >= 11 is 0. The van der Waals surface area contributed by atoms with Gasteiger partial charge >= 0.3 is 0 Å². The monoisotopic (exact) mass is 360 g/mol. The number of carbonyl (C=O) groups excluding carboxylic acids is 1. The molecule has 4 rings (SSSR count). The lowest BCUT2D eigenvalue weighted by Crippen LogP contribution is -2.49. The van der Waals surface area contributed by atoms with Crippen LogP contribution in [-0.2, 0) is 16.8 Å². The second-order valence-electron chi connectivity index (χ2n) is 7.14. The van der Waals surface area contributed by atoms with Crippen molar-refractivity contribution in [3.8, 4) is 0 Å². The van der Waals surface area contributed by atoms with E-state index in [-0.39, 0.29) is 11.3 Å². The lowest BCUT2D eigenvalue weighted by atomic mass is 9.69. The average Bonchev–Trinajstić information content (AvgIpc) is 3.27. The van der Waals surface area contributed by atoms with E-state index in [0.717, 1.165) is 25.9 Å². The fraction of sp³-hybridized carbons (Fsp3) is 0.318. The Kier molecular flexibility index (Phi) is 5.01. The molecule has 0 bridgehead atoms. The van der Waals surface area contributed by atoms with Crippen molar-refractivity contribution < 1.29 is 4.79 Å². The maximum Gasteiger partial charge on any atom is 0.224 e. The van der Waals surface area contributed by atoms with Crippen molar-refractivity contribution in [2.45, 2.75) is 31.2 Å². The van der Waals surface area contributed by atoms with Gasteiger partial charge in [0.2, 0.25) is 5.91 Å². The minimum atomic E-state index is -0.149. The molecule has 1 aliphatic heterocycles. The van der Waals surface area contributed by atoms with Crippen LogP contribution in [0.15, 0.2) is 73.3 Å². The first kappa shape index (κ1) is 17.5. The van der Waals surface area contributed by atoms with Gasteiger partial charge in [0.15, 0.2) is 0 Å². The van der Waals surface area contributed by atoms with Crippen LogP contribution < -0.4 is 0 Å². The first-order valence-corrected chi connectivity index (χ1v) is 9.49. The molecule has 5 nitrogen and oxygen atoms in total. The predicted molar refractivity (Wildman–Crippen MR) is 104 cm³/mol. The van der Waals surface area contributed by atoms with Crippen LogP contribution in [0, 0.1) is 0 Å². The maximum absolute atomic E-state index is 12.9. The molecule has 0 atom stereocenters. The summed E-state index contributed by atoms with van der Waals surface area (Å²) in [5.41, 5.74) is 2.42. The smallest absolute Gasteiger partial charge is 0.224 e. The van der Waals surface area contributed by atoms with Crippen LogP contribution >= 0.6 is 0 Å². The molecule has 0 radical (unpaired) electrons. The molecular weight excluding hydrogens is 336 g/mol. The molecule has 0 spiro atoms. The number of benzene rings is 2. The average molecular weight is 360 g/mol. The number of likely N-dealkylation sites (tertiary alicyclic amines) is 1. The third-order valence-electron chi connectivity index (χ3n) is 5.52. The van der Waals surface area contributed by atoms with Crippen molar-refractivity contribution >= 4 is 5.91 Å². The highest BCUT2D eigenvalue weighted by Gasteiger charge is 2.39. The zero-order chi connectivity index (χ0) is 18.5. The van der Waals surface area contributed by atoms with E-state index in [1.807, 2.05) is 17.0 Å². The number of hydrogen-bond donors (Lipinski definition) is 0. The predicted octanol–water partition coefficient (Wildman–Crippen LogP) is 3.28. The maximum atomic E-state index is 12.9. The molecule has 0 saturated carbocycles. The Bertz CT molecular complexity index is 822. The molecule has 0 N–H and O–H groups in total. The van der Waals surface area contributed by atoms with Gasteiger partial charge in [-0.15, -0.1) is 0 Å². The number of aryl methyl sites for hydroxylation is 1. The van der Waals surface area contributed by atoms with E-state index in [9.17, 15) is 4.79 Å². The van der Waals surface area contributed by atoms with Gasteiger partial charge in [0, 0.05) is 24.9 Å². The van der Waals surface area contributed by atoms with Gasteiger partial charge in [-0.25, -0.2) is 4.98 Å². The highest BCUT2D eigenvalue weighted by Crippen LogP contribution is 2.40. The third-order valence-corrected chi connectivity index (χ3v) is 5.52. The summed E-state index contributed by atoms with van der Waals surface area (Å²) in [5.74, 6) is 0.182. The Morgan fingerprint density at radius 3 is 2.26 bits per heavy atom. The van der Waals surface area contributed by atoms with Crippen LogP contribution in [-0.4, -0.2) is 38.7 Å². The van der Waals surface area contributed by atoms with Crippen LogP contribution in [0.25, 0.3) is 0 Å². The molecular formula is C22H24N4O. The lowest BCUT2D eigenvalue weighted by molar-refractivity contribution is -0.133. The van der Waals surface area contributed by atoms with E-state index in [0.29, 0.717) is 13.0 Å². The summed E-state index contributed by atoms with van der Waals surface area (Å²) in [4.78, 5) is 18.9. The highest BCUT2D eigenvalue weighted by atomic mass is 16.2. The van der Waals surface area contributed by atoms with E-state index in [1.54, 1.807) is 11.0 Å². The van der Waals surface area contributed by atoms with Crippen LogP contribution in [0.2, 0.25) is 0 Å². The molecule has 2 aromatic carbocycles. The Labute approximate surface area is 159 Å². The van der Waals surface area contributed by atoms with Crippen molar-refractivity contribution in [1.29, 1.82) is 0 Å². The van der Waals surface area contributed by atoms with Gasteiger partial charge in [0.1, 0.15) is 12.7 Å². The van der Waals surface area contributed by atoms with Crippen molar-refractivity contribution in [3.05, 3.63) is 84.4 Å². The molecule has 1 saturated heterocycles. The van der Waals surface area contributed by atoms with Gasteiger partial charge < -0.3 is 4.90 Å². The second-order valence-corrected chi connectivity index (χ2v) is 7.14. The van der Waals surface area contributed by atoms with Crippen LogP contribution in [0.3, 0.4) is 0 Å². The molecule has 1 aliphatic rings. The van der Waals surface area contributed by atoms with E-state index in [1.165, 1.54) is 17.5 Å². The van der Waals surface area contributed by atoms with E-state index >= 15 is 0 Å². The zero-order valence-corrected chi connectivity index (χ0v) is 15.4. The molecule has 0 unspecified atom stereocenters. The topological polar surface area (TPSA) is 51.0 Å². The number of nitrogens with zero attached hydrogens (tertiary/aromatic N) is 4. The molecule has 2 heterocycles. The van der Waals surface area contributed by atoms with Gasteiger partial charge in [-0.2, -0.15) is 5.10 Å². The van der Waals surface area contributed by atoms with Crippen molar-refractivity contribution in [2.75, 3.05) is 13.1 Å². The van der Waals surface area contributed by atoms with Gasteiger partial charge in [0.05, 0.1) is 6.54 Å². The van der Waals surface area contributed by atoms with Crippen molar-refractivity contribution in [1.82, 2.24) is 19.7 Å². The standard InChI is InChI=1S/C22H24N4O/c27-21(12-15-26-18-23-17-24-26)25-14-7-13-22(16-25,19-8-3-1-4-9-19)20-10-5-2-6-11-20/h1-6,8-11,17-18H,7,12-16H2. The van der Waals surface area contributed by atoms with Crippen molar-refractivity contribution in [3.63, 3.8) is 0 Å². The summed E-state index contributed by atoms with van der Waals surface area (Å²) in [5, 5.41) is 4.09. The van der Waals surface area contributed by atoms with Gasteiger partial charge in [-0.1, -0.05) is 60.7 Å². The Balaban J connectivity index is 1.59. The Morgan fingerprint density at radius 2 is 1.67 bits per heavy atom. The number of piperidine rings is 1. The molecule has 5 heteroatoms. The summed E-state index contributed by atoms with van der Waals surface area (Å²) in [7, 11) is 0. The number of carbonyl (C=O) groups is 1. The Hall–Kier alpha value is -2.95. The fourth-order valence-electron chi connectivity index (χ4n) is 4.14. The quantitative estimate of drug-likeness (QED) is 0.702. The minimum absolute atomic E-state index is 0.149. The minimum Gasteiger partial charge on any atom is -0.341 e. The number of hydrogen-bond acceptors (Lipinski definition) is 3. The first-order chi connectivity index (χ1) is 13.3. The Morgan fingerprint density at radius 1 is 1.00 bits per heavy atom. The van der Waals surface area contributed by atoms with E-state index in [4.69, 9.17) is 0 Å². The van der Waals surface area contributed by atoms with Gasteiger partial charge in [0.25, 0.3) is 0 Å². The number of rotatable bonds is 5. The zero-order valence-electron chi connectivity index (χ0n) is 15.4. The highest BCUT2D eigenvalue weighted by molar-refractivity contribution is 5.76. The molecule has 0 aliphatic carbocycles. The van der Waals surface area contributed by atoms with Crippen LogP contribution in [0.5, 0.6) is 0 Å². The number of amides is 1. The molecule has 3 aromatic rings. The number of aromatic nitrogens is 3.